The number of nitrogens with one attached hydrogen (secondary N) is 1. The van der Waals surface area contributed by atoms with Crippen LogP contribution in [0.4, 0.5) is 11.4 Å². The lowest BCUT2D eigenvalue weighted by Gasteiger charge is -2.26. The first-order valence-electron chi connectivity index (χ1n) is 23.1. The van der Waals surface area contributed by atoms with Gasteiger partial charge in [0.15, 0.2) is 0 Å². The fraction of sp³-hybridized carbons (Fsp3) is 0.327. The second kappa shape index (κ2) is 24.2. The van der Waals surface area contributed by atoms with Gasteiger partial charge in [-0.1, -0.05) is 42.2 Å². The number of carboxylic acids is 1. The van der Waals surface area contributed by atoms with Crippen LogP contribution < -0.4 is 25.0 Å². The van der Waals surface area contributed by atoms with Crippen LogP contribution in [0.3, 0.4) is 0 Å². The second-order valence-corrected chi connectivity index (χ2v) is 16.9. The van der Waals surface area contributed by atoms with Crippen molar-refractivity contribution in [3.8, 4) is 34.3 Å². The van der Waals surface area contributed by atoms with Crippen molar-refractivity contribution < 1.29 is 47.6 Å². The molecule has 2 aliphatic heterocycles. The number of Topliss-reactive ketones (excluding diaryl/α,β-unsaturated/α-hetero) is 1. The Hall–Kier alpha value is -7.15. The largest absolute Gasteiger partial charge is 0.478 e. The van der Waals surface area contributed by atoms with Gasteiger partial charge in [0.2, 0.25) is 11.3 Å². The fourth-order valence-corrected chi connectivity index (χ4v) is 7.98. The third-order valence-corrected chi connectivity index (χ3v) is 11.7. The predicted octanol–water partition coefficient (Wildman–Crippen LogP) is 6.87. The standard InChI is InChI=1S/C55H58N4O10/c1-57(2)42-19-22-46-50(35-42)69-51-36-43(58(3)4)20-23-47(51)53(46)48-34-40(18-21-45(48)55(63)64)54(62)56-25-27-66-29-31-68-33-32-67-30-28-65-26-24-44(60)13-9-15-52(61)59-37-41-12-6-5-10-38(41)16-17-39-11-7-8-14-49(39)59/h5-8,10-12,14,18-23,34-36H,9,13,15,24-33,37H2,1-4H3,(H-,56,62,63,64)/p+1. The van der Waals surface area contributed by atoms with Gasteiger partial charge in [0.25, 0.3) is 5.91 Å². The van der Waals surface area contributed by atoms with E-state index in [4.69, 9.17) is 23.4 Å². The molecule has 0 atom stereocenters. The van der Waals surface area contributed by atoms with E-state index >= 15 is 0 Å². The molecule has 4 aromatic carbocycles. The molecule has 0 radical (unpaired) electrons. The van der Waals surface area contributed by atoms with Crippen molar-refractivity contribution in [3.05, 3.63) is 136 Å². The van der Waals surface area contributed by atoms with E-state index in [1.165, 1.54) is 12.1 Å². The minimum atomic E-state index is -1.11. The molecule has 0 fully saturated rings. The van der Waals surface area contributed by atoms with E-state index < -0.39 is 5.97 Å². The van der Waals surface area contributed by atoms with Crippen molar-refractivity contribution in [1.29, 1.82) is 0 Å². The lowest BCUT2D eigenvalue weighted by atomic mass is 9.89. The van der Waals surface area contributed by atoms with Crippen molar-refractivity contribution in [1.82, 2.24) is 9.89 Å². The lowest BCUT2D eigenvalue weighted by Crippen LogP contribution is -2.31. The SMILES string of the molecule is CN(C)c1ccc2c(-c3cc(C(=O)NCCOCCOCCOCCOCCC(=O)CCCC(=O)N4Cc5ccccc5C#Cc5ccccc54)ccc3C(=O)O)c3ccc(=[N+](C)C)cc-3oc2c1. The topological polar surface area (TPSA) is 160 Å². The maximum atomic E-state index is 13.4. The van der Waals surface area contributed by atoms with Crippen molar-refractivity contribution >= 4 is 45.9 Å². The molecule has 0 aromatic heterocycles. The van der Waals surface area contributed by atoms with Crippen LogP contribution in [-0.2, 0) is 35.1 Å². The molecule has 2 N–H and O–H groups in total. The van der Waals surface area contributed by atoms with Crippen molar-refractivity contribution in [2.24, 2.45) is 0 Å². The Balaban J connectivity index is 0.766. The summed E-state index contributed by atoms with van der Waals surface area (Å²) < 4.78 is 30.8. The van der Waals surface area contributed by atoms with Gasteiger partial charge in [-0.25, -0.2) is 9.37 Å². The van der Waals surface area contributed by atoms with Crippen molar-refractivity contribution in [2.45, 2.75) is 32.2 Å². The molecule has 2 heterocycles. The fourth-order valence-electron chi connectivity index (χ4n) is 7.98. The van der Waals surface area contributed by atoms with E-state index in [0.717, 1.165) is 44.4 Å². The highest BCUT2D eigenvalue weighted by molar-refractivity contribution is 6.09. The Bertz CT molecular complexity index is 2910. The summed E-state index contributed by atoms with van der Waals surface area (Å²) in [7, 11) is 7.75. The van der Waals surface area contributed by atoms with Crippen LogP contribution in [0.1, 0.15) is 63.1 Å². The van der Waals surface area contributed by atoms with Gasteiger partial charge in [0.1, 0.15) is 31.2 Å². The van der Waals surface area contributed by atoms with Crippen LogP contribution in [0.15, 0.2) is 108 Å². The molecule has 1 aliphatic carbocycles. The van der Waals surface area contributed by atoms with E-state index in [-0.39, 0.29) is 55.8 Å². The van der Waals surface area contributed by atoms with Gasteiger partial charge < -0.3 is 43.6 Å². The van der Waals surface area contributed by atoms with E-state index in [0.29, 0.717) is 87.1 Å². The van der Waals surface area contributed by atoms with Crippen molar-refractivity contribution in [3.63, 3.8) is 0 Å². The Labute approximate surface area is 402 Å². The first-order chi connectivity index (χ1) is 33.5. The zero-order valence-corrected chi connectivity index (χ0v) is 39.7. The summed E-state index contributed by atoms with van der Waals surface area (Å²) in [4.78, 5) is 55.7. The third-order valence-electron chi connectivity index (χ3n) is 11.7. The zero-order chi connectivity index (χ0) is 48.7. The van der Waals surface area contributed by atoms with Crippen LogP contribution in [0, 0.1) is 11.8 Å². The minimum absolute atomic E-state index is 0.0394. The third kappa shape index (κ3) is 13.1. The maximum Gasteiger partial charge on any atom is 0.336 e. The molecule has 0 spiro atoms. The van der Waals surface area contributed by atoms with Gasteiger partial charge in [0.05, 0.1) is 76.7 Å². The summed E-state index contributed by atoms with van der Waals surface area (Å²) in [5.41, 5.74) is 7.15. The number of ether oxygens (including phenoxy) is 4. The highest BCUT2D eigenvalue weighted by atomic mass is 16.6. The van der Waals surface area contributed by atoms with E-state index in [1.807, 2.05) is 123 Å². The van der Waals surface area contributed by atoms with Gasteiger partial charge in [-0.3, -0.25) is 14.4 Å². The molecule has 358 valence electrons. The number of hydrogen-bond acceptors (Lipinski definition) is 10. The second-order valence-electron chi connectivity index (χ2n) is 16.9. The van der Waals surface area contributed by atoms with Gasteiger partial charge in [0, 0.05) is 90.9 Å². The summed E-state index contributed by atoms with van der Waals surface area (Å²) in [6.07, 6.45) is 1.29. The first-order valence-corrected chi connectivity index (χ1v) is 23.1. The molecule has 3 aliphatic rings. The minimum Gasteiger partial charge on any atom is -0.478 e. The molecule has 0 saturated heterocycles. The number of aromatic carboxylic acids is 1. The quantitative estimate of drug-likeness (QED) is 0.0299. The van der Waals surface area contributed by atoms with Crippen LogP contribution in [-0.4, -0.2) is 116 Å². The summed E-state index contributed by atoms with van der Waals surface area (Å²) >= 11 is 0. The van der Waals surface area contributed by atoms with Crippen LogP contribution >= 0.6 is 0 Å². The number of hydrogen-bond donors (Lipinski definition) is 2. The molecule has 0 saturated carbocycles. The Morgan fingerprint density at radius 3 is 2.13 bits per heavy atom. The number of carboxylic acid groups (broad SMARTS) is 1. The summed E-state index contributed by atoms with van der Waals surface area (Å²) in [6, 6.07) is 31.7. The number of anilines is 2. The summed E-state index contributed by atoms with van der Waals surface area (Å²) in [5, 5.41) is 14.8. The number of carbonyl (C=O) groups excluding carboxylic acids is 3. The molecular weight excluding hydrogens is 877 g/mol. The molecular formula is C55H59N4O10+. The Morgan fingerprint density at radius 2 is 1.41 bits per heavy atom. The van der Waals surface area contributed by atoms with E-state index in [9.17, 15) is 24.3 Å². The monoisotopic (exact) mass is 935 g/mol. The molecule has 14 heteroatoms. The maximum absolute atomic E-state index is 13.4. The lowest BCUT2D eigenvalue weighted by molar-refractivity contribution is -0.121. The van der Waals surface area contributed by atoms with E-state index in [1.54, 1.807) is 11.0 Å². The Kier molecular flexibility index (Phi) is 17.5. The van der Waals surface area contributed by atoms with E-state index in [2.05, 4.69) is 17.2 Å². The molecule has 4 aromatic rings. The number of rotatable bonds is 23. The smallest absolute Gasteiger partial charge is 0.336 e. The average molecular weight is 936 g/mol. The molecule has 7 rings (SSSR count). The summed E-state index contributed by atoms with van der Waals surface area (Å²) in [6.45, 7) is 3.29. The first kappa shape index (κ1) is 49.7. The number of fused-ring (bicyclic) bond motifs is 4. The van der Waals surface area contributed by atoms with Crippen LogP contribution in [0.2, 0.25) is 0 Å². The van der Waals surface area contributed by atoms with Gasteiger partial charge >= 0.3 is 5.97 Å². The molecule has 0 bridgehead atoms. The number of ketones is 1. The number of nitrogens with zero attached hydrogens (tertiary/aromatic N) is 3. The van der Waals surface area contributed by atoms with Gasteiger partial charge in [-0.05, 0) is 72.1 Å². The molecule has 69 heavy (non-hydrogen) atoms. The molecule has 0 unspecified atom stereocenters. The number of para-hydroxylation sites is 1. The highest BCUT2D eigenvalue weighted by Crippen LogP contribution is 2.42. The Morgan fingerprint density at radius 1 is 0.725 bits per heavy atom. The zero-order valence-electron chi connectivity index (χ0n) is 39.7. The van der Waals surface area contributed by atoms with Gasteiger partial charge in [-0.15, -0.1) is 0 Å². The number of carbonyl (C=O) groups is 4. The number of benzene rings is 5. The van der Waals surface area contributed by atoms with Gasteiger partial charge in [-0.2, -0.15) is 0 Å². The molecule has 2 amide bonds. The van der Waals surface area contributed by atoms with Crippen LogP contribution in [0.25, 0.3) is 33.4 Å². The highest BCUT2D eigenvalue weighted by Gasteiger charge is 2.25. The predicted molar refractivity (Wildman–Crippen MR) is 266 cm³/mol. The van der Waals surface area contributed by atoms with Crippen LogP contribution in [0.5, 0.6) is 0 Å². The average Bonchev–Trinajstić information content (AvgIpc) is 3.34. The normalized spacial score (nSPS) is 11.8. The summed E-state index contributed by atoms with van der Waals surface area (Å²) in [5.74, 6) is 5.56. The number of amides is 2. The molecule has 14 nitrogen and oxygen atoms in total. The van der Waals surface area contributed by atoms with Crippen molar-refractivity contribution in [2.75, 3.05) is 97.4 Å².